The lowest BCUT2D eigenvalue weighted by Gasteiger charge is -2.52. The van der Waals surface area contributed by atoms with Gasteiger partial charge < -0.3 is 4.89 Å². The van der Waals surface area contributed by atoms with E-state index in [2.05, 4.69) is 6.92 Å². The third kappa shape index (κ3) is 3.52. The van der Waals surface area contributed by atoms with Crippen LogP contribution in [-0.4, -0.2) is 17.2 Å². The fraction of sp³-hybridized carbons (Fsp3) is 1.00. The zero-order valence-corrected chi connectivity index (χ0v) is 12.0. The Morgan fingerprint density at radius 3 is 2.41 bits per heavy atom. The second-order valence-corrected chi connectivity index (χ2v) is 5.80. The molecule has 0 aliphatic carbocycles. The Balaban J connectivity index is 2.65. The second-order valence-electron chi connectivity index (χ2n) is 5.07. The highest BCUT2D eigenvalue weighted by molar-refractivity contribution is 7.32. The molecular formula is C11H23O5P. The van der Waals surface area contributed by atoms with E-state index in [1.54, 1.807) is 6.92 Å². The van der Waals surface area contributed by atoms with Crippen LogP contribution in [0.4, 0.5) is 0 Å². The molecule has 1 fully saturated rings. The summed E-state index contributed by atoms with van der Waals surface area (Å²) in [5, 5.41) is 0. The van der Waals surface area contributed by atoms with Gasteiger partial charge in [-0.05, 0) is 13.3 Å². The standard InChI is InChI=1S/C11H23O5P/c1-5-6-7-8-10(3,4)11(16-17(12)13)14-9(2)15-11/h9,17H,5-8H2,1-4H3,(H,12,13). The van der Waals surface area contributed by atoms with Gasteiger partial charge in [0.25, 0.3) is 5.97 Å². The third-order valence-electron chi connectivity index (χ3n) is 3.10. The highest BCUT2D eigenvalue weighted by Crippen LogP contribution is 2.51. The van der Waals surface area contributed by atoms with Crippen molar-refractivity contribution in [3.8, 4) is 0 Å². The molecule has 1 saturated heterocycles. The van der Waals surface area contributed by atoms with Crippen LogP contribution in [0.25, 0.3) is 0 Å². The number of hydrogen-bond acceptors (Lipinski definition) is 4. The minimum absolute atomic E-state index is 0.387. The van der Waals surface area contributed by atoms with Gasteiger partial charge in [-0.15, -0.1) is 0 Å². The van der Waals surface area contributed by atoms with Crippen LogP contribution in [0.2, 0.25) is 0 Å². The van der Waals surface area contributed by atoms with E-state index >= 15 is 0 Å². The first-order chi connectivity index (χ1) is 7.83. The van der Waals surface area contributed by atoms with E-state index in [0.717, 1.165) is 25.7 Å². The largest absolute Gasteiger partial charge is 0.326 e. The van der Waals surface area contributed by atoms with Crippen LogP contribution < -0.4 is 0 Å². The molecule has 1 rings (SSSR count). The summed E-state index contributed by atoms with van der Waals surface area (Å²) in [6, 6.07) is 0. The minimum atomic E-state index is -3.09. The molecule has 0 radical (unpaired) electrons. The molecule has 1 atom stereocenters. The summed E-state index contributed by atoms with van der Waals surface area (Å²) >= 11 is 0. The highest BCUT2D eigenvalue weighted by Gasteiger charge is 2.58. The summed E-state index contributed by atoms with van der Waals surface area (Å²) in [6.45, 7) is 7.72. The minimum Gasteiger partial charge on any atom is -0.326 e. The lowest BCUT2D eigenvalue weighted by Crippen LogP contribution is -2.61. The van der Waals surface area contributed by atoms with Crippen molar-refractivity contribution in [3.63, 3.8) is 0 Å². The zero-order valence-electron chi connectivity index (χ0n) is 11.0. The molecule has 1 unspecified atom stereocenters. The van der Waals surface area contributed by atoms with Crippen LogP contribution in [-0.2, 0) is 18.6 Å². The van der Waals surface area contributed by atoms with Crippen LogP contribution in [0.15, 0.2) is 0 Å². The van der Waals surface area contributed by atoms with Crippen LogP contribution in [0.1, 0.15) is 53.4 Å². The van der Waals surface area contributed by atoms with Crippen molar-refractivity contribution in [1.29, 1.82) is 0 Å². The van der Waals surface area contributed by atoms with Crippen molar-refractivity contribution in [1.82, 2.24) is 0 Å². The SMILES string of the molecule is CCCCCC(C)(C)C1(O[PH](=O)O)OC(C)O1. The summed E-state index contributed by atoms with van der Waals surface area (Å²) in [7, 11) is -3.09. The van der Waals surface area contributed by atoms with Crippen molar-refractivity contribution in [2.75, 3.05) is 0 Å². The van der Waals surface area contributed by atoms with Crippen LogP contribution in [0.5, 0.6) is 0 Å². The molecule has 0 aromatic heterocycles. The van der Waals surface area contributed by atoms with Crippen LogP contribution >= 0.6 is 8.25 Å². The second kappa shape index (κ2) is 5.81. The van der Waals surface area contributed by atoms with Crippen molar-refractivity contribution in [2.24, 2.45) is 5.41 Å². The molecule has 0 spiro atoms. The molecular weight excluding hydrogens is 243 g/mol. The zero-order chi connectivity index (χ0) is 13.1. The molecule has 0 bridgehead atoms. The third-order valence-corrected chi connectivity index (χ3v) is 3.54. The fourth-order valence-corrected chi connectivity index (χ4v) is 2.64. The lowest BCUT2D eigenvalue weighted by molar-refractivity contribution is -0.547. The van der Waals surface area contributed by atoms with Gasteiger partial charge in [-0.2, -0.15) is 0 Å². The topological polar surface area (TPSA) is 65.0 Å². The molecule has 1 N–H and O–H groups in total. The van der Waals surface area contributed by atoms with Gasteiger partial charge in [0.2, 0.25) is 0 Å². The Morgan fingerprint density at radius 2 is 2.00 bits per heavy atom. The van der Waals surface area contributed by atoms with Gasteiger partial charge >= 0.3 is 8.25 Å². The van der Waals surface area contributed by atoms with Gasteiger partial charge in [0.15, 0.2) is 6.29 Å². The molecule has 6 heteroatoms. The van der Waals surface area contributed by atoms with Gasteiger partial charge in [0.1, 0.15) is 0 Å². The maximum Gasteiger partial charge on any atom is 0.320 e. The maximum atomic E-state index is 10.9. The van der Waals surface area contributed by atoms with Crippen molar-refractivity contribution >= 4 is 8.25 Å². The molecule has 0 aromatic rings. The predicted molar refractivity (Wildman–Crippen MR) is 64.6 cm³/mol. The van der Waals surface area contributed by atoms with E-state index in [9.17, 15) is 4.57 Å². The van der Waals surface area contributed by atoms with Gasteiger partial charge in [-0.3, -0.25) is 18.6 Å². The number of rotatable bonds is 7. The van der Waals surface area contributed by atoms with Crippen molar-refractivity contribution < 1.29 is 23.5 Å². The van der Waals surface area contributed by atoms with Gasteiger partial charge in [-0.25, -0.2) is 0 Å². The first-order valence-electron chi connectivity index (χ1n) is 6.10. The molecule has 1 heterocycles. The summed E-state index contributed by atoms with van der Waals surface area (Å²) < 4.78 is 26.8. The monoisotopic (exact) mass is 266 g/mol. The summed E-state index contributed by atoms with van der Waals surface area (Å²) in [5.74, 6) is -1.36. The smallest absolute Gasteiger partial charge is 0.320 e. The molecule has 1 aliphatic heterocycles. The van der Waals surface area contributed by atoms with Gasteiger partial charge in [-0.1, -0.05) is 40.0 Å². The van der Waals surface area contributed by atoms with Gasteiger partial charge in [0.05, 0.1) is 0 Å². The highest BCUT2D eigenvalue weighted by atomic mass is 31.1. The molecule has 0 saturated carbocycles. The van der Waals surface area contributed by atoms with E-state index in [0.29, 0.717) is 0 Å². The molecule has 1 aliphatic rings. The normalized spacial score (nSPS) is 31.0. The molecule has 0 aromatic carbocycles. The molecule has 17 heavy (non-hydrogen) atoms. The Kier molecular flexibility index (Phi) is 5.17. The van der Waals surface area contributed by atoms with Gasteiger partial charge in [0, 0.05) is 5.41 Å². The first kappa shape index (κ1) is 15.1. The Hall–Kier alpha value is 0.0700. The quantitative estimate of drug-likeness (QED) is 0.566. The number of hydrogen-bond donors (Lipinski definition) is 1. The van der Waals surface area contributed by atoms with E-state index in [1.807, 2.05) is 13.8 Å². The van der Waals surface area contributed by atoms with Crippen molar-refractivity contribution in [2.45, 2.75) is 65.6 Å². The first-order valence-corrected chi connectivity index (χ1v) is 7.37. The Morgan fingerprint density at radius 1 is 1.41 bits per heavy atom. The fourth-order valence-electron chi connectivity index (χ4n) is 2.04. The average molecular weight is 266 g/mol. The van der Waals surface area contributed by atoms with E-state index in [4.69, 9.17) is 18.9 Å². The van der Waals surface area contributed by atoms with Crippen LogP contribution in [0, 0.1) is 5.41 Å². The molecule has 5 nitrogen and oxygen atoms in total. The maximum absolute atomic E-state index is 10.9. The predicted octanol–water partition coefficient (Wildman–Crippen LogP) is 3.04. The van der Waals surface area contributed by atoms with Crippen LogP contribution in [0.3, 0.4) is 0 Å². The molecule has 0 amide bonds. The average Bonchev–Trinajstić information content (AvgIpc) is 2.14. The van der Waals surface area contributed by atoms with E-state index in [1.165, 1.54) is 0 Å². The summed E-state index contributed by atoms with van der Waals surface area (Å²) in [6.07, 6.45) is 3.69. The lowest BCUT2D eigenvalue weighted by atomic mass is 9.83. The summed E-state index contributed by atoms with van der Waals surface area (Å²) in [4.78, 5) is 8.94. The number of unbranched alkanes of at least 4 members (excludes halogenated alkanes) is 2. The Labute approximate surface area is 103 Å². The van der Waals surface area contributed by atoms with E-state index in [-0.39, 0.29) is 6.29 Å². The summed E-state index contributed by atoms with van der Waals surface area (Å²) in [5.41, 5.74) is -0.447. The van der Waals surface area contributed by atoms with Crippen molar-refractivity contribution in [3.05, 3.63) is 0 Å². The number of ether oxygens (including phenoxy) is 2. The Bertz CT molecular complexity index is 273. The molecule has 102 valence electrons. The van der Waals surface area contributed by atoms with E-state index < -0.39 is 19.6 Å².